The zero-order valence-corrected chi connectivity index (χ0v) is 10.3. The second-order valence-corrected chi connectivity index (χ2v) is 5.56. The van der Waals surface area contributed by atoms with Crippen LogP contribution in [-0.4, -0.2) is 12.6 Å². The molecule has 0 amide bonds. The van der Waals surface area contributed by atoms with E-state index in [4.69, 9.17) is 5.26 Å². The molecule has 1 atom stereocenters. The number of rotatable bonds is 4. The van der Waals surface area contributed by atoms with Crippen molar-refractivity contribution in [3.63, 3.8) is 0 Å². The molecule has 2 heteroatoms. The van der Waals surface area contributed by atoms with Gasteiger partial charge in [0.1, 0.15) is 0 Å². The monoisotopic (exact) mass is 208 g/mol. The van der Waals surface area contributed by atoms with E-state index in [1.54, 1.807) is 0 Å². The van der Waals surface area contributed by atoms with Gasteiger partial charge < -0.3 is 5.32 Å². The molecule has 0 radical (unpaired) electrons. The highest BCUT2D eigenvalue weighted by Crippen LogP contribution is 2.37. The van der Waals surface area contributed by atoms with Crippen molar-refractivity contribution in [2.45, 2.75) is 58.9 Å². The van der Waals surface area contributed by atoms with Gasteiger partial charge in [0.15, 0.2) is 0 Å². The quantitative estimate of drug-likeness (QED) is 0.770. The van der Waals surface area contributed by atoms with Crippen molar-refractivity contribution in [2.75, 3.05) is 6.54 Å². The average molecular weight is 208 g/mol. The largest absolute Gasteiger partial charge is 0.302 e. The van der Waals surface area contributed by atoms with E-state index < -0.39 is 0 Å². The molecule has 0 spiro atoms. The van der Waals surface area contributed by atoms with E-state index in [-0.39, 0.29) is 6.04 Å². The van der Waals surface area contributed by atoms with E-state index >= 15 is 0 Å². The Morgan fingerprint density at radius 3 is 2.47 bits per heavy atom. The molecule has 1 saturated carbocycles. The number of nitrogens with one attached hydrogen (secondary N) is 1. The Kier molecular flexibility index (Phi) is 4.60. The Labute approximate surface area is 94.1 Å². The third-order valence-corrected chi connectivity index (χ3v) is 3.77. The van der Waals surface area contributed by atoms with Crippen LogP contribution in [0.15, 0.2) is 0 Å². The number of hydrogen-bond acceptors (Lipinski definition) is 2. The molecule has 1 aliphatic carbocycles. The molecule has 1 aliphatic rings. The summed E-state index contributed by atoms with van der Waals surface area (Å²) in [5.41, 5.74) is 0.339. The highest BCUT2D eigenvalue weighted by molar-refractivity contribution is 4.89. The van der Waals surface area contributed by atoms with Crippen molar-refractivity contribution in [1.29, 1.82) is 5.26 Å². The lowest BCUT2D eigenvalue weighted by Crippen LogP contribution is -2.39. The lowest BCUT2D eigenvalue weighted by Gasteiger charge is -2.37. The molecule has 0 saturated heterocycles. The molecule has 0 heterocycles. The summed E-state index contributed by atoms with van der Waals surface area (Å²) >= 11 is 0. The maximum Gasteiger partial charge on any atom is 0.0924 e. The summed E-state index contributed by atoms with van der Waals surface area (Å²) in [6.45, 7) is 7.56. The van der Waals surface area contributed by atoms with E-state index in [9.17, 15) is 0 Å². The Bertz CT molecular complexity index is 221. The molecule has 0 aromatic rings. The van der Waals surface area contributed by atoms with Crippen molar-refractivity contribution in [3.05, 3.63) is 0 Å². The molecule has 0 bridgehead atoms. The molecule has 2 nitrogen and oxygen atoms in total. The van der Waals surface area contributed by atoms with Crippen LogP contribution in [0.5, 0.6) is 0 Å². The molecule has 1 rings (SSSR count). The molecule has 0 aromatic carbocycles. The first-order valence-electron chi connectivity index (χ1n) is 6.19. The Morgan fingerprint density at radius 1 is 1.33 bits per heavy atom. The molecule has 1 N–H and O–H groups in total. The Hall–Kier alpha value is -0.550. The Morgan fingerprint density at radius 2 is 1.93 bits per heavy atom. The van der Waals surface area contributed by atoms with Gasteiger partial charge in [-0.3, -0.25) is 0 Å². The van der Waals surface area contributed by atoms with Crippen LogP contribution in [-0.2, 0) is 0 Å². The minimum absolute atomic E-state index is 0.0205. The summed E-state index contributed by atoms with van der Waals surface area (Å²) < 4.78 is 0. The van der Waals surface area contributed by atoms with Gasteiger partial charge in [-0.2, -0.15) is 5.26 Å². The van der Waals surface area contributed by atoms with E-state index in [1.165, 1.54) is 32.1 Å². The van der Waals surface area contributed by atoms with Crippen LogP contribution >= 0.6 is 0 Å². The molecule has 1 fully saturated rings. The van der Waals surface area contributed by atoms with Gasteiger partial charge in [-0.25, -0.2) is 0 Å². The van der Waals surface area contributed by atoms with E-state index in [1.807, 2.05) is 6.92 Å². The predicted octanol–water partition coefficient (Wildman–Crippen LogP) is 3.09. The van der Waals surface area contributed by atoms with Crippen LogP contribution in [0.2, 0.25) is 0 Å². The summed E-state index contributed by atoms with van der Waals surface area (Å²) in [6, 6.07) is 2.21. The van der Waals surface area contributed by atoms with Crippen molar-refractivity contribution in [2.24, 2.45) is 11.3 Å². The standard InChI is InChI=1S/C13H24N2/c1-11(9-14)15-10-13(2,3)12-7-5-4-6-8-12/h11-12,15H,4-8,10H2,1-3H3. The highest BCUT2D eigenvalue weighted by atomic mass is 14.9. The summed E-state index contributed by atoms with van der Waals surface area (Å²) in [5.74, 6) is 0.838. The second kappa shape index (κ2) is 5.51. The highest BCUT2D eigenvalue weighted by Gasteiger charge is 2.30. The van der Waals surface area contributed by atoms with Crippen LogP contribution in [0.1, 0.15) is 52.9 Å². The minimum Gasteiger partial charge on any atom is -0.302 e. The van der Waals surface area contributed by atoms with Gasteiger partial charge in [-0.1, -0.05) is 33.1 Å². The van der Waals surface area contributed by atoms with Gasteiger partial charge in [-0.15, -0.1) is 0 Å². The van der Waals surface area contributed by atoms with Gasteiger partial charge in [-0.05, 0) is 31.1 Å². The fourth-order valence-electron chi connectivity index (χ4n) is 2.49. The minimum atomic E-state index is -0.0205. The maximum absolute atomic E-state index is 8.73. The molecule has 1 unspecified atom stereocenters. The van der Waals surface area contributed by atoms with Crippen LogP contribution in [0.25, 0.3) is 0 Å². The van der Waals surface area contributed by atoms with Crippen LogP contribution in [0.3, 0.4) is 0 Å². The van der Waals surface area contributed by atoms with Gasteiger partial charge in [0.2, 0.25) is 0 Å². The Balaban J connectivity index is 2.39. The zero-order chi connectivity index (χ0) is 11.3. The normalized spacial score (nSPS) is 20.9. The molecular weight excluding hydrogens is 184 g/mol. The predicted molar refractivity (Wildman–Crippen MR) is 63.4 cm³/mol. The van der Waals surface area contributed by atoms with Gasteiger partial charge in [0.05, 0.1) is 12.1 Å². The van der Waals surface area contributed by atoms with Gasteiger partial charge >= 0.3 is 0 Å². The summed E-state index contributed by atoms with van der Waals surface area (Å²) in [4.78, 5) is 0. The topological polar surface area (TPSA) is 35.8 Å². The lowest BCUT2D eigenvalue weighted by molar-refractivity contribution is 0.153. The second-order valence-electron chi connectivity index (χ2n) is 5.56. The zero-order valence-electron chi connectivity index (χ0n) is 10.3. The smallest absolute Gasteiger partial charge is 0.0924 e. The first-order chi connectivity index (χ1) is 7.06. The molecule has 0 aliphatic heterocycles. The van der Waals surface area contributed by atoms with E-state index in [2.05, 4.69) is 25.2 Å². The third-order valence-electron chi connectivity index (χ3n) is 3.77. The van der Waals surface area contributed by atoms with E-state index in [0.717, 1.165) is 12.5 Å². The number of nitriles is 1. The van der Waals surface area contributed by atoms with Gasteiger partial charge in [0, 0.05) is 6.54 Å². The average Bonchev–Trinajstić information content (AvgIpc) is 2.27. The van der Waals surface area contributed by atoms with E-state index in [0.29, 0.717) is 5.41 Å². The fourth-order valence-corrected chi connectivity index (χ4v) is 2.49. The van der Waals surface area contributed by atoms with Crippen LogP contribution in [0.4, 0.5) is 0 Å². The lowest BCUT2D eigenvalue weighted by atomic mass is 9.71. The molecule has 15 heavy (non-hydrogen) atoms. The first-order valence-corrected chi connectivity index (χ1v) is 6.19. The fraction of sp³-hybridized carbons (Fsp3) is 0.923. The molecular formula is C13H24N2. The number of nitrogens with zero attached hydrogens (tertiary/aromatic N) is 1. The third kappa shape index (κ3) is 3.83. The SMILES string of the molecule is CC(C#N)NCC(C)(C)C1CCCCC1. The summed E-state index contributed by atoms with van der Waals surface area (Å²) in [6.07, 6.45) is 6.93. The first kappa shape index (κ1) is 12.5. The van der Waals surface area contributed by atoms with Crippen molar-refractivity contribution in [3.8, 4) is 6.07 Å². The van der Waals surface area contributed by atoms with Crippen molar-refractivity contribution >= 4 is 0 Å². The summed E-state index contributed by atoms with van der Waals surface area (Å²) in [5, 5.41) is 12.0. The van der Waals surface area contributed by atoms with Crippen LogP contribution < -0.4 is 5.32 Å². The van der Waals surface area contributed by atoms with Crippen molar-refractivity contribution in [1.82, 2.24) is 5.32 Å². The molecule has 0 aromatic heterocycles. The molecule has 86 valence electrons. The van der Waals surface area contributed by atoms with Crippen molar-refractivity contribution < 1.29 is 0 Å². The maximum atomic E-state index is 8.73. The van der Waals surface area contributed by atoms with Gasteiger partial charge in [0.25, 0.3) is 0 Å². The number of hydrogen-bond donors (Lipinski definition) is 1. The van der Waals surface area contributed by atoms with Crippen LogP contribution in [0, 0.1) is 22.7 Å². The summed E-state index contributed by atoms with van der Waals surface area (Å²) in [7, 11) is 0.